The van der Waals surface area contributed by atoms with Crippen molar-refractivity contribution in [2.45, 2.75) is 45.1 Å². The smallest absolute Gasteiger partial charge is 0.369 e. The Balaban J connectivity index is 2.06. The van der Waals surface area contributed by atoms with E-state index in [1.54, 1.807) is 13.0 Å². The van der Waals surface area contributed by atoms with Gasteiger partial charge in [0.05, 0.1) is 7.11 Å². The van der Waals surface area contributed by atoms with Gasteiger partial charge in [0.1, 0.15) is 5.76 Å². The number of ether oxygens (including phenoxy) is 4. The van der Waals surface area contributed by atoms with Crippen LogP contribution in [0.15, 0.2) is 24.0 Å². The lowest BCUT2D eigenvalue weighted by molar-refractivity contribution is -0.169. The molecular formula is C21H28FNO6. The second kappa shape index (κ2) is 9.45. The highest BCUT2D eigenvalue weighted by molar-refractivity contribution is 5.73. The maximum Gasteiger partial charge on any atom is 0.369 e. The minimum Gasteiger partial charge on any atom is -0.497 e. The molecule has 0 saturated heterocycles. The van der Waals surface area contributed by atoms with Gasteiger partial charge in [-0.25, -0.2) is 9.18 Å². The van der Waals surface area contributed by atoms with Crippen LogP contribution in [-0.4, -0.2) is 62.0 Å². The fraction of sp³-hybridized carbons (Fsp3) is 0.571. The van der Waals surface area contributed by atoms with E-state index in [9.17, 15) is 9.18 Å². The van der Waals surface area contributed by atoms with Crippen LogP contribution in [0.5, 0.6) is 11.5 Å². The van der Waals surface area contributed by atoms with Gasteiger partial charge < -0.3 is 29.0 Å². The van der Waals surface area contributed by atoms with Crippen molar-refractivity contribution in [1.29, 1.82) is 0 Å². The molecular weight excluding hydrogens is 381 g/mol. The van der Waals surface area contributed by atoms with Crippen LogP contribution in [0.2, 0.25) is 0 Å². The largest absolute Gasteiger partial charge is 0.497 e. The summed E-state index contributed by atoms with van der Waals surface area (Å²) in [5.41, 5.74) is 2.00. The molecule has 2 heterocycles. The number of rotatable bonds is 7. The lowest BCUT2D eigenvalue weighted by Gasteiger charge is -2.31. The van der Waals surface area contributed by atoms with Gasteiger partial charge >= 0.3 is 5.97 Å². The van der Waals surface area contributed by atoms with Gasteiger partial charge in [-0.05, 0) is 55.6 Å². The standard InChI is InChI=1S/C21H28FNO6/c1-4-7-23-8-6-13-9-17-18(28-12-27-17)10-14(13)15(11-23)19(16(5-2)26-3)29-21(25)20(22)24/h5,9-10,15,19-20,24H,4,6-8,11-12H2,1-3H3/b16-5+. The third-order valence-electron chi connectivity index (χ3n) is 5.33. The number of allylic oxidation sites excluding steroid dienone is 1. The Morgan fingerprint density at radius 1 is 1.41 bits per heavy atom. The molecule has 3 unspecified atom stereocenters. The second-order valence-corrected chi connectivity index (χ2v) is 7.15. The summed E-state index contributed by atoms with van der Waals surface area (Å²) >= 11 is 0. The number of halogens is 1. The van der Waals surface area contributed by atoms with Gasteiger partial charge in [0, 0.05) is 19.0 Å². The molecule has 0 aromatic heterocycles. The number of benzene rings is 1. The first-order valence-corrected chi connectivity index (χ1v) is 9.86. The van der Waals surface area contributed by atoms with Crippen LogP contribution in [0.3, 0.4) is 0 Å². The van der Waals surface area contributed by atoms with E-state index in [4.69, 9.17) is 24.1 Å². The Kier molecular flexibility index (Phi) is 6.97. The van der Waals surface area contributed by atoms with E-state index in [2.05, 4.69) is 11.8 Å². The number of carbonyl (C=O) groups excluding carboxylic acids is 1. The van der Waals surface area contributed by atoms with Crippen LogP contribution in [-0.2, 0) is 20.7 Å². The summed E-state index contributed by atoms with van der Waals surface area (Å²) in [6.45, 7) is 6.32. The van der Waals surface area contributed by atoms with E-state index >= 15 is 0 Å². The number of esters is 1. The van der Waals surface area contributed by atoms with Crippen LogP contribution < -0.4 is 9.47 Å². The van der Waals surface area contributed by atoms with E-state index in [0.29, 0.717) is 23.8 Å². The van der Waals surface area contributed by atoms with Gasteiger partial charge in [0.25, 0.3) is 6.36 Å². The van der Waals surface area contributed by atoms with Gasteiger partial charge in [0.15, 0.2) is 17.6 Å². The first-order chi connectivity index (χ1) is 14.0. The zero-order chi connectivity index (χ0) is 21.0. The Labute approximate surface area is 170 Å². The minimum atomic E-state index is -2.71. The summed E-state index contributed by atoms with van der Waals surface area (Å²) in [6.07, 6.45) is -0.141. The highest BCUT2D eigenvalue weighted by Crippen LogP contribution is 2.41. The molecule has 160 valence electrons. The number of alkyl halides is 1. The lowest BCUT2D eigenvalue weighted by atomic mass is 9.87. The average molecular weight is 409 g/mol. The minimum absolute atomic E-state index is 0.162. The van der Waals surface area contributed by atoms with Crippen molar-refractivity contribution in [1.82, 2.24) is 4.90 Å². The molecule has 7 nitrogen and oxygen atoms in total. The zero-order valence-electron chi connectivity index (χ0n) is 17.0. The SMILES string of the molecule is C/C=C(/OC)C(OC(=O)C(O)F)C1CN(CCC)CCc2cc3c(cc21)OCO3. The third kappa shape index (κ3) is 4.64. The molecule has 0 bridgehead atoms. The molecule has 8 heteroatoms. The molecule has 29 heavy (non-hydrogen) atoms. The molecule has 0 radical (unpaired) electrons. The monoisotopic (exact) mass is 409 g/mol. The van der Waals surface area contributed by atoms with Gasteiger partial charge in [-0.15, -0.1) is 0 Å². The Morgan fingerprint density at radius 2 is 2.14 bits per heavy atom. The van der Waals surface area contributed by atoms with E-state index in [1.165, 1.54) is 7.11 Å². The topological polar surface area (TPSA) is 77.5 Å². The fourth-order valence-electron chi connectivity index (χ4n) is 4.00. The summed E-state index contributed by atoms with van der Waals surface area (Å²) < 4.78 is 35.1. The highest BCUT2D eigenvalue weighted by atomic mass is 19.1. The quantitative estimate of drug-likeness (QED) is 0.548. The second-order valence-electron chi connectivity index (χ2n) is 7.15. The molecule has 2 aliphatic rings. The van der Waals surface area contributed by atoms with Crippen LogP contribution in [0, 0.1) is 0 Å². The van der Waals surface area contributed by atoms with Crippen molar-refractivity contribution in [2.24, 2.45) is 0 Å². The first kappa shape index (κ1) is 21.4. The highest BCUT2D eigenvalue weighted by Gasteiger charge is 2.37. The summed E-state index contributed by atoms with van der Waals surface area (Å²) in [4.78, 5) is 14.2. The number of aliphatic hydroxyl groups excluding tert-OH is 1. The van der Waals surface area contributed by atoms with Crippen LogP contribution >= 0.6 is 0 Å². The van der Waals surface area contributed by atoms with Crippen molar-refractivity contribution in [3.63, 3.8) is 0 Å². The van der Waals surface area contributed by atoms with Crippen molar-refractivity contribution in [3.05, 3.63) is 35.1 Å². The fourth-order valence-corrected chi connectivity index (χ4v) is 4.00. The summed E-state index contributed by atoms with van der Waals surface area (Å²) in [5.74, 6) is 0.0539. The number of methoxy groups -OCH3 is 1. The lowest BCUT2D eigenvalue weighted by Crippen LogP contribution is -2.38. The summed E-state index contributed by atoms with van der Waals surface area (Å²) in [7, 11) is 1.48. The predicted octanol–water partition coefficient (Wildman–Crippen LogP) is 2.52. The van der Waals surface area contributed by atoms with Gasteiger partial charge in [-0.3, -0.25) is 0 Å². The number of hydrogen-bond acceptors (Lipinski definition) is 7. The van der Waals surface area contributed by atoms with Gasteiger partial charge in [-0.2, -0.15) is 0 Å². The van der Waals surface area contributed by atoms with E-state index in [1.807, 2.05) is 12.1 Å². The molecule has 2 aliphatic heterocycles. The molecule has 1 aromatic rings. The third-order valence-corrected chi connectivity index (χ3v) is 5.33. The molecule has 3 rings (SSSR count). The van der Waals surface area contributed by atoms with E-state index < -0.39 is 18.4 Å². The van der Waals surface area contributed by atoms with E-state index in [0.717, 1.165) is 37.1 Å². The molecule has 0 amide bonds. The van der Waals surface area contributed by atoms with Gasteiger partial charge in [-0.1, -0.05) is 6.92 Å². The summed E-state index contributed by atoms with van der Waals surface area (Å²) in [6, 6.07) is 3.87. The molecule has 1 aromatic carbocycles. The summed E-state index contributed by atoms with van der Waals surface area (Å²) in [5, 5.41) is 9.06. The van der Waals surface area contributed by atoms with Crippen molar-refractivity contribution in [2.75, 3.05) is 33.5 Å². The Morgan fingerprint density at radius 3 is 2.76 bits per heavy atom. The van der Waals surface area contributed by atoms with Crippen molar-refractivity contribution < 1.29 is 33.2 Å². The normalized spacial score (nSPS) is 21.1. The Hall–Kier alpha value is -2.32. The number of hydrogen-bond donors (Lipinski definition) is 1. The van der Waals surface area contributed by atoms with Crippen LogP contribution in [0.4, 0.5) is 4.39 Å². The van der Waals surface area contributed by atoms with Crippen molar-refractivity contribution in [3.8, 4) is 11.5 Å². The molecule has 0 fully saturated rings. The molecule has 0 aliphatic carbocycles. The Bertz CT molecular complexity index is 766. The van der Waals surface area contributed by atoms with Crippen LogP contribution in [0.25, 0.3) is 0 Å². The maximum absolute atomic E-state index is 13.2. The number of nitrogens with zero attached hydrogens (tertiary/aromatic N) is 1. The number of aliphatic hydroxyl groups is 1. The van der Waals surface area contributed by atoms with Crippen molar-refractivity contribution >= 4 is 5.97 Å². The van der Waals surface area contributed by atoms with Gasteiger partial charge in [0.2, 0.25) is 6.79 Å². The number of carbonyl (C=O) groups is 1. The maximum atomic E-state index is 13.2. The molecule has 3 atom stereocenters. The number of fused-ring (bicyclic) bond motifs is 2. The predicted molar refractivity (Wildman–Crippen MR) is 104 cm³/mol. The molecule has 1 N–H and O–H groups in total. The molecule has 0 spiro atoms. The average Bonchev–Trinajstić information content (AvgIpc) is 3.09. The zero-order valence-corrected chi connectivity index (χ0v) is 17.0. The molecule has 0 saturated carbocycles. The first-order valence-electron chi connectivity index (χ1n) is 9.86. The van der Waals surface area contributed by atoms with E-state index in [-0.39, 0.29) is 12.7 Å². The van der Waals surface area contributed by atoms with Crippen LogP contribution in [0.1, 0.15) is 37.3 Å².